The lowest BCUT2D eigenvalue weighted by molar-refractivity contribution is -0.111. The van der Waals surface area contributed by atoms with Gasteiger partial charge < -0.3 is 10.6 Å². The maximum Gasteiger partial charge on any atom is 0.311 e. The zero-order valence-electron chi connectivity index (χ0n) is 6.22. The summed E-state index contributed by atoms with van der Waals surface area (Å²) in [6, 6.07) is 0. The summed E-state index contributed by atoms with van der Waals surface area (Å²) in [5, 5.41) is 5.12. The fourth-order valence-electron chi connectivity index (χ4n) is 1.49. The molecule has 0 aromatic rings. The first kappa shape index (κ1) is 8.04. The highest BCUT2D eigenvalue weighted by atomic mass is 16.1. The summed E-state index contributed by atoms with van der Waals surface area (Å²) in [6.07, 6.45) is 5.92. The summed E-state index contributed by atoms with van der Waals surface area (Å²) >= 11 is 0. The van der Waals surface area contributed by atoms with E-state index in [0.717, 1.165) is 25.7 Å². The minimum Gasteiger partial charge on any atom is -0.336 e. The predicted octanol–water partition coefficient (Wildman–Crippen LogP) is -0.341. The van der Waals surface area contributed by atoms with Crippen molar-refractivity contribution in [3.63, 3.8) is 0 Å². The molecule has 1 aliphatic rings. The van der Waals surface area contributed by atoms with Crippen molar-refractivity contribution in [1.82, 2.24) is 10.6 Å². The second-order valence-corrected chi connectivity index (χ2v) is 2.78. The summed E-state index contributed by atoms with van der Waals surface area (Å²) < 4.78 is 0. The van der Waals surface area contributed by atoms with E-state index in [-0.39, 0.29) is 0 Å². The van der Waals surface area contributed by atoms with Crippen LogP contribution in [0.1, 0.15) is 25.7 Å². The van der Waals surface area contributed by atoms with Gasteiger partial charge in [0.15, 0.2) is 0 Å². The smallest absolute Gasteiger partial charge is 0.311 e. The molecule has 61 valence electrons. The molecule has 2 amide bonds. The molecule has 4 nitrogen and oxygen atoms in total. The maximum absolute atomic E-state index is 10.2. The molecule has 0 heterocycles. The lowest BCUT2D eigenvalue weighted by Gasteiger charge is -2.26. The lowest BCUT2D eigenvalue weighted by Crippen LogP contribution is -2.53. The third kappa shape index (κ3) is 1.69. The van der Waals surface area contributed by atoms with E-state index in [9.17, 15) is 9.59 Å². The van der Waals surface area contributed by atoms with Gasteiger partial charge in [0.2, 0.25) is 6.41 Å². The number of rotatable bonds is 4. The molecular formula is C7H11N2O2. The van der Waals surface area contributed by atoms with E-state index in [4.69, 9.17) is 0 Å². The van der Waals surface area contributed by atoms with Crippen molar-refractivity contribution in [2.45, 2.75) is 31.3 Å². The topological polar surface area (TPSA) is 58.2 Å². The van der Waals surface area contributed by atoms with Crippen molar-refractivity contribution in [2.24, 2.45) is 0 Å². The third-order valence-electron chi connectivity index (χ3n) is 2.08. The van der Waals surface area contributed by atoms with E-state index in [1.807, 2.05) is 0 Å². The fraction of sp³-hybridized carbons (Fsp3) is 0.714. The number of carbonyl (C=O) groups excluding carboxylic acids is 2. The second-order valence-electron chi connectivity index (χ2n) is 2.78. The van der Waals surface area contributed by atoms with Crippen molar-refractivity contribution >= 4 is 12.8 Å². The monoisotopic (exact) mass is 155 g/mol. The van der Waals surface area contributed by atoms with Crippen LogP contribution >= 0.6 is 0 Å². The third-order valence-corrected chi connectivity index (χ3v) is 2.08. The van der Waals surface area contributed by atoms with Gasteiger partial charge in [0.1, 0.15) is 5.66 Å². The highest BCUT2D eigenvalue weighted by Gasteiger charge is 2.32. The molecule has 1 aliphatic carbocycles. The minimum atomic E-state index is -0.497. The Labute approximate surface area is 65.3 Å². The summed E-state index contributed by atoms with van der Waals surface area (Å²) in [7, 11) is 0. The number of nitrogens with one attached hydrogen (secondary N) is 2. The number of hydrogen-bond acceptors (Lipinski definition) is 2. The van der Waals surface area contributed by atoms with Gasteiger partial charge in [-0.2, -0.15) is 0 Å². The largest absolute Gasteiger partial charge is 0.336 e. The van der Waals surface area contributed by atoms with Gasteiger partial charge in [0, 0.05) is 0 Å². The predicted molar refractivity (Wildman–Crippen MR) is 39.2 cm³/mol. The van der Waals surface area contributed by atoms with Crippen LogP contribution in [0.5, 0.6) is 0 Å². The molecule has 0 aliphatic heterocycles. The van der Waals surface area contributed by atoms with Crippen LogP contribution in [-0.2, 0) is 9.59 Å². The number of carbonyl (C=O) groups is 1. The number of amides is 2. The molecule has 4 heteroatoms. The standard InChI is InChI=1S/C7H11N2O2/c10-5-8-7(9-6-11)3-1-2-4-7/h5H,1-4H2,(H,8,10)(H,9,11). The molecule has 0 aromatic heterocycles. The second kappa shape index (κ2) is 3.37. The molecule has 11 heavy (non-hydrogen) atoms. The Morgan fingerprint density at radius 1 is 1.36 bits per heavy atom. The maximum atomic E-state index is 10.2. The van der Waals surface area contributed by atoms with Gasteiger partial charge in [-0.05, 0) is 25.7 Å². The Kier molecular flexibility index (Phi) is 2.46. The average Bonchev–Trinajstić information content (AvgIpc) is 2.39. The van der Waals surface area contributed by atoms with Crippen LogP contribution in [0.15, 0.2) is 0 Å². The Hall–Kier alpha value is -1.06. The van der Waals surface area contributed by atoms with Crippen molar-refractivity contribution in [3.05, 3.63) is 0 Å². The van der Waals surface area contributed by atoms with Gasteiger partial charge in [0.25, 0.3) is 0 Å². The molecule has 1 rings (SSSR count). The number of hydrogen-bond donors (Lipinski definition) is 2. The van der Waals surface area contributed by atoms with Gasteiger partial charge in [-0.25, -0.2) is 0 Å². The lowest BCUT2D eigenvalue weighted by atomic mass is 10.1. The van der Waals surface area contributed by atoms with Crippen LogP contribution in [0.25, 0.3) is 0 Å². The van der Waals surface area contributed by atoms with E-state index < -0.39 is 5.66 Å². The quantitative estimate of drug-likeness (QED) is 0.331. The zero-order valence-corrected chi connectivity index (χ0v) is 6.22. The van der Waals surface area contributed by atoms with Crippen molar-refractivity contribution in [3.8, 4) is 0 Å². The fourth-order valence-corrected chi connectivity index (χ4v) is 1.49. The van der Waals surface area contributed by atoms with Crippen molar-refractivity contribution in [1.29, 1.82) is 0 Å². The highest BCUT2D eigenvalue weighted by molar-refractivity contribution is 5.53. The highest BCUT2D eigenvalue weighted by Crippen LogP contribution is 2.25. The van der Waals surface area contributed by atoms with Crippen LogP contribution in [0.2, 0.25) is 0 Å². The molecule has 0 unspecified atom stereocenters. The SMILES string of the molecule is O=[C]NC1(NC=O)CCCC1. The first-order valence-electron chi connectivity index (χ1n) is 3.69. The van der Waals surface area contributed by atoms with Crippen LogP contribution in [-0.4, -0.2) is 18.5 Å². The van der Waals surface area contributed by atoms with Gasteiger partial charge >= 0.3 is 6.41 Å². The molecule has 0 saturated heterocycles. The minimum absolute atomic E-state index is 0.497. The Bertz CT molecular complexity index is 141. The van der Waals surface area contributed by atoms with Gasteiger partial charge in [-0.1, -0.05) is 0 Å². The van der Waals surface area contributed by atoms with E-state index >= 15 is 0 Å². The van der Waals surface area contributed by atoms with Crippen LogP contribution in [0.4, 0.5) is 0 Å². The van der Waals surface area contributed by atoms with Gasteiger partial charge in [0.05, 0.1) is 0 Å². The molecule has 1 saturated carbocycles. The van der Waals surface area contributed by atoms with E-state index in [0.29, 0.717) is 6.41 Å². The van der Waals surface area contributed by atoms with Gasteiger partial charge in [-0.3, -0.25) is 9.59 Å². The molecular weight excluding hydrogens is 144 g/mol. The van der Waals surface area contributed by atoms with E-state index in [1.54, 1.807) is 6.41 Å². The first-order valence-corrected chi connectivity index (χ1v) is 3.69. The normalized spacial score (nSPS) is 20.7. The van der Waals surface area contributed by atoms with Crippen molar-refractivity contribution in [2.75, 3.05) is 0 Å². The zero-order chi connectivity index (χ0) is 8.16. The summed E-state index contributed by atoms with van der Waals surface area (Å²) in [6.45, 7) is 0. The van der Waals surface area contributed by atoms with Crippen LogP contribution in [0.3, 0.4) is 0 Å². The molecule has 2 N–H and O–H groups in total. The Balaban J connectivity index is 2.53. The molecule has 1 fully saturated rings. The first-order chi connectivity index (χ1) is 5.33. The average molecular weight is 155 g/mol. The molecule has 0 bridgehead atoms. The van der Waals surface area contributed by atoms with E-state index in [2.05, 4.69) is 10.6 Å². The van der Waals surface area contributed by atoms with Crippen molar-refractivity contribution < 1.29 is 9.59 Å². The van der Waals surface area contributed by atoms with Crippen LogP contribution in [0, 0.1) is 0 Å². The van der Waals surface area contributed by atoms with Crippen LogP contribution < -0.4 is 10.6 Å². The van der Waals surface area contributed by atoms with Gasteiger partial charge in [-0.15, -0.1) is 0 Å². The molecule has 1 radical (unpaired) electrons. The molecule has 0 atom stereocenters. The Morgan fingerprint density at radius 3 is 2.45 bits per heavy atom. The summed E-state index contributed by atoms with van der Waals surface area (Å²) in [4.78, 5) is 20.2. The van der Waals surface area contributed by atoms with E-state index in [1.165, 1.54) is 0 Å². The Morgan fingerprint density at radius 2 is 2.00 bits per heavy atom. The summed E-state index contributed by atoms with van der Waals surface area (Å²) in [5.41, 5.74) is -0.497. The summed E-state index contributed by atoms with van der Waals surface area (Å²) in [5.74, 6) is 0. The molecule has 0 spiro atoms. The molecule has 0 aromatic carbocycles.